The Kier molecular flexibility index (Phi) is 4.56. The lowest BCUT2D eigenvalue weighted by atomic mass is 9.92. The zero-order chi connectivity index (χ0) is 15.6. The van der Waals surface area contributed by atoms with Crippen LogP contribution in [0, 0.1) is 0 Å². The molecule has 0 amide bonds. The normalized spacial score (nSPS) is 21.0. The van der Waals surface area contributed by atoms with Gasteiger partial charge < -0.3 is 0 Å². The smallest absolute Gasteiger partial charge is 0.132 e. The summed E-state index contributed by atoms with van der Waals surface area (Å²) in [5.74, 6) is 0. The van der Waals surface area contributed by atoms with Gasteiger partial charge >= 0.3 is 0 Å². The van der Waals surface area contributed by atoms with E-state index in [1.165, 1.54) is 11.1 Å². The molecule has 1 nitrogen and oxygen atoms in total. The second-order valence-corrected chi connectivity index (χ2v) is 6.79. The quantitative estimate of drug-likeness (QED) is 0.612. The molecule has 1 unspecified atom stereocenters. The van der Waals surface area contributed by atoms with Crippen LogP contribution in [0.2, 0.25) is 0 Å². The number of halogens is 2. The van der Waals surface area contributed by atoms with Crippen LogP contribution in [0.5, 0.6) is 0 Å². The fraction of sp³-hybridized carbons (Fsp3) is 0.316. The number of aliphatic imine (C=N–C) groups is 1. The van der Waals surface area contributed by atoms with Gasteiger partial charge in [-0.1, -0.05) is 67.4 Å². The molecule has 0 aliphatic carbocycles. The maximum atomic E-state index is 6.88. The minimum Gasteiger partial charge on any atom is -0.239 e. The third-order valence-electron chi connectivity index (χ3n) is 4.20. The molecule has 3 heteroatoms. The van der Waals surface area contributed by atoms with E-state index in [0.29, 0.717) is 5.17 Å². The molecule has 1 aliphatic heterocycles. The van der Waals surface area contributed by atoms with Gasteiger partial charge in [0.2, 0.25) is 0 Å². The fourth-order valence-corrected chi connectivity index (χ4v) is 3.52. The molecule has 0 bridgehead atoms. The lowest BCUT2D eigenvalue weighted by Crippen LogP contribution is -2.26. The third kappa shape index (κ3) is 2.93. The summed E-state index contributed by atoms with van der Waals surface area (Å²) in [7, 11) is 0. The topological polar surface area (TPSA) is 12.4 Å². The van der Waals surface area contributed by atoms with Crippen LogP contribution in [0.25, 0.3) is 0 Å². The van der Waals surface area contributed by atoms with Gasteiger partial charge in [-0.3, -0.25) is 0 Å². The van der Waals surface area contributed by atoms with Crippen LogP contribution in [0.4, 0.5) is 5.69 Å². The van der Waals surface area contributed by atoms with Gasteiger partial charge in [0.05, 0.1) is 5.69 Å². The maximum Gasteiger partial charge on any atom is 0.132 e. The summed E-state index contributed by atoms with van der Waals surface area (Å²) >= 11 is 13.4. The van der Waals surface area contributed by atoms with Crippen molar-refractivity contribution >= 4 is 34.1 Å². The SMILES string of the molecule is CCCc1ccc2c(c1)CCC(Cl)(c1ccccc1)C(Cl)=N2. The van der Waals surface area contributed by atoms with Crippen LogP contribution in [-0.2, 0) is 17.7 Å². The Bertz CT molecular complexity index is 694. The fourth-order valence-electron chi connectivity index (χ4n) is 2.96. The summed E-state index contributed by atoms with van der Waals surface area (Å²) in [5, 5.41) is 0.461. The summed E-state index contributed by atoms with van der Waals surface area (Å²) in [6, 6.07) is 16.4. The van der Waals surface area contributed by atoms with Crippen LogP contribution in [0.1, 0.15) is 36.5 Å². The zero-order valence-electron chi connectivity index (χ0n) is 12.7. The van der Waals surface area contributed by atoms with Gasteiger partial charge in [-0.15, -0.1) is 11.6 Å². The summed E-state index contributed by atoms with van der Waals surface area (Å²) in [5.41, 5.74) is 4.55. The molecule has 0 radical (unpaired) electrons. The van der Waals surface area contributed by atoms with E-state index < -0.39 is 4.87 Å². The van der Waals surface area contributed by atoms with Crippen molar-refractivity contribution in [3.05, 3.63) is 65.2 Å². The van der Waals surface area contributed by atoms with Gasteiger partial charge in [-0.05, 0) is 42.0 Å². The largest absolute Gasteiger partial charge is 0.239 e. The summed E-state index contributed by atoms with van der Waals surface area (Å²) in [6.45, 7) is 2.19. The molecule has 1 atom stereocenters. The highest BCUT2D eigenvalue weighted by molar-refractivity contribution is 6.72. The molecule has 0 spiro atoms. The van der Waals surface area contributed by atoms with Gasteiger partial charge in [0.25, 0.3) is 0 Å². The van der Waals surface area contributed by atoms with E-state index >= 15 is 0 Å². The van der Waals surface area contributed by atoms with Crippen LogP contribution in [0.15, 0.2) is 53.5 Å². The number of hydrogen-bond donors (Lipinski definition) is 0. The minimum atomic E-state index is -0.729. The van der Waals surface area contributed by atoms with Crippen molar-refractivity contribution in [2.75, 3.05) is 0 Å². The van der Waals surface area contributed by atoms with Crippen LogP contribution in [0.3, 0.4) is 0 Å². The van der Waals surface area contributed by atoms with Crippen molar-refractivity contribution < 1.29 is 0 Å². The highest BCUT2D eigenvalue weighted by Gasteiger charge is 2.36. The Morgan fingerprint density at radius 3 is 2.64 bits per heavy atom. The molecule has 0 fully saturated rings. The first-order valence-electron chi connectivity index (χ1n) is 7.74. The van der Waals surface area contributed by atoms with Crippen molar-refractivity contribution in [3.63, 3.8) is 0 Å². The lowest BCUT2D eigenvalue weighted by molar-refractivity contribution is 0.716. The van der Waals surface area contributed by atoms with E-state index in [1.807, 2.05) is 30.3 Å². The highest BCUT2D eigenvalue weighted by atomic mass is 35.5. The van der Waals surface area contributed by atoms with Crippen molar-refractivity contribution in [3.8, 4) is 0 Å². The molecule has 2 aromatic carbocycles. The van der Waals surface area contributed by atoms with Crippen molar-refractivity contribution in [1.82, 2.24) is 0 Å². The zero-order valence-corrected chi connectivity index (χ0v) is 14.2. The van der Waals surface area contributed by atoms with E-state index in [-0.39, 0.29) is 0 Å². The van der Waals surface area contributed by atoms with E-state index in [1.54, 1.807) is 0 Å². The molecule has 1 heterocycles. The molecule has 3 rings (SSSR count). The van der Waals surface area contributed by atoms with Gasteiger partial charge in [0.1, 0.15) is 10.0 Å². The molecule has 0 saturated heterocycles. The number of hydrogen-bond acceptors (Lipinski definition) is 1. The van der Waals surface area contributed by atoms with Gasteiger partial charge in [0.15, 0.2) is 0 Å². The number of rotatable bonds is 3. The molecule has 0 saturated carbocycles. The molecule has 114 valence electrons. The van der Waals surface area contributed by atoms with E-state index in [9.17, 15) is 0 Å². The predicted octanol–water partition coefficient (Wildman–Crippen LogP) is 5.99. The Morgan fingerprint density at radius 2 is 1.91 bits per heavy atom. The monoisotopic (exact) mass is 331 g/mol. The van der Waals surface area contributed by atoms with Crippen molar-refractivity contribution in [1.29, 1.82) is 0 Å². The second-order valence-electron chi connectivity index (χ2n) is 5.78. The average molecular weight is 332 g/mol. The summed E-state index contributed by atoms with van der Waals surface area (Å²) < 4.78 is 0. The molecule has 0 N–H and O–H groups in total. The summed E-state index contributed by atoms with van der Waals surface area (Å²) in [6.07, 6.45) is 3.87. The first-order valence-corrected chi connectivity index (χ1v) is 8.50. The molecular formula is C19H19Cl2N. The van der Waals surface area contributed by atoms with Gasteiger partial charge in [0, 0.05) is 0 Å². The molecule has 1 aliphatic rings. The molecule has 0 aromatic heterocycles. The number of benzene rings is 2. The van der Waals surface area contributed by atoms with Gasteiger partial charge in [-0.2, -0.15) is 0 Å². The number of alkyl halides is 1. The standard InChI is InChI=1S/C19H19Cl2N/c1-2-6-14-9-10-17-15(13-14)11-12-19(21,18(20)22-17)16-7-4-3-5-8-16/h3-5,7-10,13H,2,6,11-12H2,1H3. The van der Waals surface area contributed by atoms with Gasteiger partial charge in [-0.25, -0.2) is 4.99 Å². The van der Waals surface area contributed by atoms with Crippen molar-refractivity contribution in [2.45, 2.75) is 37.5 Å². The third-order valence-corrected chi connectivity index (χ3v) is 5.29. The van der Waals surface area contributed by atoms with Crippen molar-refractivity contribution in [2.24, 2.45) is 4.99 Å². The Hall–Kier alpha value is -1.31. The predicted molar refractivity (Wildman–Crippen MR) is 95.7 cm³/mol. The summed E-state index contributed by atoms with van der Waals surface area (Å²) in [4.78, 5) is 3.89. The average Bonchev–Trinajstić information content (AvgIpc) is 2.67. The number of aryl methyl sites for hydroxylation is 2. The number of fused-ring (bicyclic) bond motifs is 1. The Labute approximate surface area is 142 Å². The second kappa shape index (κ2) is 6.44. The molecular weight excluding hydrogens is 313 g/mol. The molecule has 2 aromatic rings. The van der Waals surface area contributed by atoms with E-state index in [4.69, 9.17) is 23.2 Å². The van der Waals surface area contributed by atoms with E-state index in [0.717, 1.165) is 36.9 Å². The Balaban J connectivity index is 1.99. The minimum absolute atomic E-state index is 0.461. The lowest BCUT2D eigenvalue weighted by Gasteiger charge is -2.24. The van der Waals surface area contributed by atoms with Crippen LogP contribution in [-0.4, -0.2) is 5.17 Å². The van der Waals surface area contributed by atoms with E-state index in [2.05, 4.69) is 30.1 Å². The van der Waals surface area contributed by atoms with Crippen LogP contribution >= 0.6 is 23.2 Å². The highest BCUT2D eigenvalue weighted by Crippen LogP contribution is 2.42. The maximum absolute atomic E-state index is 6.88. The van der Waals surface area contributed by atoms with Crippen LogP contribution < -0.4 is 0 Å². The Morgan fingerprint density at radius 1 is 1.14 bits per heavy atom. The first-order chi connectivity index (χ1) is 10.6. The number of nitrogens with zero attached hydrogens (tertiary/aromatic N) is 1. The molecule has 22 heavy (non-hydrogen) atoms. The first kappa shape index (κ1) is 15.6.